The van der Waals surface area contributed by atoms with Gasteiger partial charge in [0.15, 0.2) is 0 Å². The van der Waals surface area contributed by atoms with Crippen LogP contribution in [0.1, 0.15) is 44.4 Å². The highest BCUT2D eigenvalue weighted by Crippen LogP contribution is 2.40. The van der Waals surface area contributed by atoms with E-state index in [4.69, 9.17) is 11.6 Å². The summed E-state index contributed by atoms with van der Waals surface area (Å²) in [6, 6.07) is 8.05. The van der Waals surface area contributed by atoms with Gasteiger partial charge in [0, 0.05) is 10.6 Å². The van der Waals surface area contributed by atoms with Crippen LogP contribution in [0.25, 0.3) is 0 Å². The van der Waals surface area contributed by atoms with E-state index in [0.29, 0.717) is 5.25 Å². The van der Waals surface area contributed by atoms with Gasteiger partial charge < -0.3 is 5.32 Å². The maximum Gasteiger partial charge on any atom is 0.0574 e. The molecule has 0 heterocycles. The molecule has 1 aromatic carbocycles. The van der Waals surface area contributed by atoms with Gasteiger partial charge in [0.05, 0.1) is 5.25 Å². The molecule has 4 heteroatoms. The van der Waals surface area contributed by atoms with Crippen LogP contribution in [0.15, 0.2) is 24.3 Å². The molecule has 0 aliphatic rings. The molecule has 0 aliphatic carbocycles. The van der Waals surface area contributed by atoms with Gasteiger partial charge in [-0.05, 0) is 44.5 Å². The van der Waals surface area contributed by atoms with Crippen molar-refractivity contribution in [2.24, 2.45) is 0 Å². The highest BCUT2D eigenvalue weighted by atomic mass is 35.5. The van der Waals surface area contributed by atoms with E-state index in [1.54, 1.807) is 10.8 Å². The summed E-state index contributed by atoms with van der Waals surface area (Å²) < 4.78 is 0. The average molecular weight is 304 g/mol. The summed E-state index contributed by atoms with van der Waals surface area (Å²) in [7, 11) is 1.58. The van der Waals surface area contributed by atoms with Gasteiger partial charge >= 0.3 is 0 Å². The molecular weight excluding hydrogens is 282 g/mol. The fourth-order valence-electron chi connectivity index (χ4n) is 1.93. The van der Waals surface area contributed by atoms with Crippen LogP contribution < -0.4 is 5.32 Å². The molecule has 0 spiro atoms. The monoisotopic (exact) mass is 303 g/mol. The number of unbranched alkanes of at least 4 members (excludes halogenated alkanes) is 1. The summed E-state index contributed by atoms with van der Waals surface area (Å²) in [5, 5.41) is 4.70. The van der Waals surface area contributed by atoms with E-state index >= 15 is 0 Å². The number of nitrogens with one attached hydrogen (secondary N) is 1. The lowest BCUT2D eigenvalue weighted by Gasteiger charge is -2.34. The first-order valence-corrected chi connectivity index (χ1v) is 8.63. The van der Waals surface area contributed by atoms with Crippen LogP contribution in [0.5, 0.6) is 0 Å². The molecule has 0 saturated carbocycles. The summed E-state index contributed by atoms with van der Waals surface area (Å²) in [5.41, 5.74) is 1.27. The molecule has 0 amide bonds. The van der Waals surface area contributed by atoms with Crippen LogP contribution in [0.3, 0.4) is 0 Å². The van der Waals surface area contributed by atoms with Crippen LogP contribution in [0, 0.1) is 0 Å². The van der Waals surface area contributed by atoms with Crippen molar-refractivity contribution < 1.29 is 0 Å². The first kappa shape index (κ1) is 16.2. The van der Waals surface area contributed by atoms with Crippen molar-refractivity contribution in [2.75, 3.05) is 6.54 Å². The van der Waals surface area contributed by atoms with Crippen molar-refractivity contribution in [1.82, 2.24) is 5.32 Å². The Kier molecular flexibility index (Phi) is 6.93. The number of halogens is 1. The fourth-order valence-corrected chi connectivity index (χ4v) is 3.83. The minimum Gasteiger partial charge on any atom is -0.310 e. The first-order chi connectivity index (χ1) is 8.51. The number of thiol groups is 1. The zero-order chi connectivity index (χ0) is 13.6. The van der Waals surface area contributed by atoms with Crippen LogP contribution in [-0.2, 0) is 0 Å². The normalized spacial score (nSPS) is 13.6. The Bertz CT molecular complexity index is 351. The number of hydrogen-bond donors (Lipinski definition) is 2. The lowest BCUT2D eigenvalue weighted by Crippen LogP contribution is -2.43. The van der Waals surface area contributed by atoms with Gasteiger partial charge in [0.25, 0.3) is 0 Å². The van der Waals surface area contributed by atoms with Gasteiger partial charge in [-0.1, -0.05) is 47.9 Å². The van der Waals surface area contributed by atoms with Crippen LogP contribution in [-0.4, -0.2) is 12.1 Å². The smallest absolute Gasteiger partial charge is 0.0574 e. The van der Waals surface area contributed by atoms with Gasteiger partial charge in [0.1, 0.15) is 0 Å². The first-order valence-electron chi connectivity index (χ1n) is 6.32. The second kappa shape index (κ2) is 7.68. The SMILES string of the molecule is CCCCNC(C)(C)C(SS)c1ccc(Cl)cc1. The number of rotatable bonds is 7. The molecule has 1 rings (SSSR count). The second-order valence-electron chi connectivity index (χ2n) is 5.04. The second-order valence-corrected chi connectivity index (χ2v) is 6.79. The molecule has 0 saturated heterocycles. The lowest BCUT2D eigenvalue weighted by molar-refractivity contribution is 0.377. The Hall–Kier alpha value is 0.170. The average Bonchev–Trinajstić information content (AvgIpc) is 2.32. The predicted octanol–water partition coefficient (Wildman–Crippen LogP) is 5.13. The molecule has 0 radical (unpaired) electrons. The molecule has 1 aromatic rings. The summed E-state index contributed by atoms with van der Waals surface area (Å²) >= 11 is 10.4. The Balaban J connectivity index is 2.77. The molecule has 0 fully saturated rings. The van der Waals surface area contributed by atoms with Gasteiger partial charge in [-0.2, -0.15) is 0 Å². The number of benzene rings is 1. The molecular formula is C14H22ClNS2. The molecule has 0 bridgehead atoms. The summed E-state index contributed by atoms with van der Waals surface area (Å²) in [6.45, 7) is 7.71. The van der Waals surface area contributed by atoms with Crippen molar-refractivity contribution in [1.29, 1.82) is 0 Å². The van der Waals surface area contributed by atoms with Crippen molar-refractivity contribution in [3.05, 3.63) is 34.9 Å². The lowest BCUT2D eigenvalue weighted by atomic mass is 9.94. The van der Waals surface area contributed by atoms with E-state index in [2.05, 4.69) is 49.9 Å². The third-order valence-electron chi connectivity index (χ3n) is 3.04. The van der Waals surface area contributed by atoms with Crippen LogP contribution in [0.2, 0.25) is 5.02 Å². The van der Waals surface area contributed by atoms with Crippen molar-refractivity contribution in [3.8, 4) is 0 Å². The Morgan fingerprint density at radius 3 is 2.44 bits per heavy atom. The van der Waals surface area contributed by atoms with E-state index < -0.39 is 0 Å². The van der Waals surface area contributed by atoms with Gasteiger partial charge in [-0.15, -0.1) is 11.7 Å². The van der Waals surface area contributed by atoms with Gasteiger partial charge in [-0.3, -0.25) is 0 Å². The Morgan fingerprint density at radius 1 is 1.33 bits per heavy atom. The summed E-state index contributed by atoms with van der Waals surface area (Å²) in [6.07, 6.45) is 2.41. The third-order valence-corrected chi connectivity index (χ3v) is 5.00. The predicted molar refractivity (Wildman–Crippen MR) is 87.8 cm³/mol. The minimum atomic E-state index is 0.00934. The van der Waals surface area contributed by atoms with Crippen molar-refractivity contribution in [3.63, 3.8) is 0 Å². The zero-order valence-corrected chi connectivity index (χ0v) is 13.7. The van der Waals surface area contributed by atoms with E-state index in [1.165, 1.54) is 18.4 Å². The maximum absolute atomic E-state index is 5.93. The van der Waals surface area contributed by atoms with Crippen molar-refractivity contribution in [2.45, 2.75) is 44.4 Å². The van der Waals surface area contributed by atoms with Crippen LogP contribution in [0.4, 0.5) is 0 Å². The summed E-state index contributed by atoms with van der Waals surface area (Å²) in [5.74, 6) is 0. The van der Waals surface area contributed by atoms with Gasteiger partial charge in [0.2, 0.25) is 0 Å². The highest BCUT2D eigenvalue weighted by Gasteiger charge is 2.29. The van der Waals surface area contributed by atoms with E-state index in [0.717, 1.165) is 11.6 Å². The largest absolute Gasteiger partial charge is 0.310 e. The van der Waals surface area contributed by atoms with Crippen molar-refractivity contribution >= 4 is 34.1 Å². The standard InChI is InChI=1S/C14H22ClNS2/c1-4-5-10-16-14(2,3)13(18-17)11-6-8-12(15)9-7-11/h6-9,13,16-17H,4-5,10H2,1-3H3. The topological polar surface area (TPSA) is 12.0 Å². The van der Waals surface area contributed by atoms with Crippen LogP contribution >= 0.6 is 34.1 Å². The Labute approximate surface area is 125 Å². The molecule has 102 valence electrons. The van der Waals surface area contributed by atoms with E-state index in [1.807, 2.05) is 12.1 Å². The molecule has 0 aromatic heterocycles. The maximum atomic E-state index is 5.93. The van der Waals surface area contributed by atoms with Gasteiger partial charge in [-0.25, -0.2) is 0 Å². The molecule has 18 heavy (non-hydrogen) atoms. The number of hydrogen-bond acceptors (Lipinski definition) is 3. The molecule has 1 atom stereocenters. The molecule has 0 aliphatic heterocycles. The molecule has 1 unspecified atom stereocenters. The quantitative estimate of drug-likeness (QED) is 0.411. The zero-order valence-electron chi connectivity index (χ0n) is 11.2. The third kappa shape index (κ3) is 4.69. The van der Waals surface area contributed by atoms with E-state index in [-0.39, 0.29) is 5.54 Å². The molecule has 1 N–H and O–H groups in total. The highest BCUT2D eigenvalue weighted by molar-refractivity contribution is 8.68. The van der Waals surface area contributed by atoms with E-state index in [9.17, 15) is 0 Å². The fraction of sp³-hybridized carbons (Fsp3) is 0.571. The summed E-state index contributed by atoms with van der Waals surface area (Å²) in [4.78, 5) is 0. The Morgan fingerprint density at radius 2 is 1.94 bits per heavy atom. The molecule has 1 nitrogen and oxygen atoms in total. The minimum absolute atomic E-state index is 0.00934.